The molecule has 4 rings (SSSR count). The maximum atomic E-state index is 14.9. The van der Waals surface area contributed by atoms with Gasteiger partial charge in [0.25, 0.3) is 0 Å². The number of hydrogen-bond acceptors (Lipinski definition) is 28. The van der Waals surface area contributed by atoms with E-state index in [1.807, 2.05) is 72.8 Å². The number of esters is 4. The molecule has 28 nitrogen and oxygen atoms in total. The Morgan fingerprint density at radius 1 is 0.309 bits per heavy atom. The van der Waals surface area contributed by atoms with E-state index < -0.39 is 152 Å². The summed E-state index contributed by atoms with van der Waals surface area (Å²) >= 11 is 0. The Morgan fingerprint density at radius 2 is 0.474 bits per heavy atom. The van der Waals surface area contributed by atoms with Gasteiger partial charge in [-0.05, 0) is 95.3 Å². The summed E-state index contributed by atoms with van der Waals surface area (Å²) in [5, 5.41) is 164. The van der Waals surface area contributed by atoms with E-state index in [1.165, 1.54) is 19.6 Å². The van der Waals surface area contributed by atoms with Crippen LogP contribution in [-0.4, -0.2) is 122 Å². The molecule has 97 heavy (non-hydrogen) atoms. The van der Waals surface area contributed by atoms with Gasteiger partial charge in [-0.1, -0.05) is 55.4 Å². The van der Waals surface area contributed by atoms with Crippen LogP contribution in [0, 0.1) is 208 Å². The Labute approximate surface area is 562 Å². The fourth-order valence-corrected chi connectivity index (χ4v) is 11.9. The van der Waals surface area contributed by atoms with Gasteiger partial charge in [-0.25, -0.2) is 19.2 Å². The first-order valence-corrected chi connectivity index (χ1v) is 29.7. The van der Waals surface area contributed by atoms with Crippen molar-refractivity contribution in [2.75, 3.05) is 78.8 Å². The Balaban J connectivity index is 2.19. The van der Waals surface area contributed by atoms with Crippen molar-refractivity contribution in [1.82, 2.24) is 19.6 Å². The van der Waals surface area contributed by atoms with E-state index in [4.69, 9.17) is 18.9 Å². The number of nitriles is 16. The highest BCUT2D eigenvalue weighted by Crippen LogP contribution is 2.48. The fourth-order valence-electron chi connectivity index (χ4n) is 11.9. The van der Waals surface area contributed by atoms with Gasteiger partial charge in [-0.15, -0.1) is 0 Å². The summed E-state index contributed by atoms with van der Waals surface area (Å²) in [6, 6.07) is 30.5. The van der Waals surface area contributed by atoms with Crippen LogP contribution in [0.5, 0.6) is 0 Å². The molecule has 0 aromatic rings. The van der Waals surface area contributed by atoms with Crippen LogP contribution < -0.4 is 0 Å². The third kappa shape index (κ3) is 18.5. The second kappa shape index (κ2) is 33.4. The third-order valence-corrected chi connectivity index (χ3v) is 16.1. The normalized spacial score (nSPS) is 18.3. The lowest BCUT2D eigenvalue weighted by Gasteiger charge is -2.37. The highest BCUT2D eigenvalue weighted by atomic mass is 16.6. The third-order valence-electron chi connectivity index (χ3n) is 16.1. The van der Waals surface area contributed by atoms with Crippen molar-refractivity contribution < 1.29 is 38.1 Å². The number of ether oxygens (including phenoxy) is 4. The average Bonchev–Trinajstić information content (AvgIpc) is 0.801. The maximum absolute atomic E-state index is 14.9. The zero-order chi connectivity index (χ0) is 72.6. The van der Waals surface area contributed by atoms with Crippen LogP contribution in [0.25, 0.3) is 0 Å². The molecule has 28 heteroatoms. The molecule has 0 amide bonds. The number of hydrogen-bond donors (Lipinski definition) is 0. The summed E-state index contributed by atoms with van der Waals surface area (Å²) in [6.45, 7) is 5.56. The molecule has 4 aliphatic carbocycles. The van der Waals surface area contributed by atoms with Gasteiger partial charge in [0.15, 0.2) is 0 Å². The van der Waals surface area contributed by atoms with Crippen molar-refractivity contribution in [1.29, 1.82) is 84.2 Å². The summed E-state index contributed by atoms with van der Waals surface area (Å²) in [4.78, 5) is 64.7. The molecular formula is C69H64N20O8. The van der Waals surface area contributed by atoms with Crippen LogP contribution in [-0.2, 0) is 38.1 Å². The van der Waals surface area contributed by atoms with Crippen LogP contribution in [0.2, 0.25) is 0 Å². The van der Waals surface area contributed by atoms with Crippen molar-refractivity contribution in [3.8, 4) is 97.1 Å². The van der Waals surface area contributed by atoms with E-state index in [0.29, 0.717) is 0 Å². The summed E-state index contributed by atoms with van der Waals surface area (Å²) in [5.41, 5.74) is -10.6. The number of allylic oxidation sites excluding steroid dienone is 12. The molecule has 488 valence electrons. The molecule has 4 aliphatic rings. The van der Waals surface area contributed by atoms with Crippen molar-refractivity contribution in [3.05, 3.63) is 89.7 Å². The monoisotopic (exact) mass is 1300 g/mol. The van der Waals surface area contributed by atoms with E-state index in [9.17, 15) is 103 Å². The minimum absolute atomic E-state index is 0.0810. The van der Waals surface area contributed by atoms with Crippen LogP contribution >= 0.6 is 0 Å². The van der Waals surface area contributed by atoms with Gasteiger partial charge in [-0.2, -0.15) is 84.2 Å². The quantitative estimate of drug-likeness (QED) is 0.0302. The summed E-state index contributed by atoms with van der Waals surface area (Å²) in [6.07, 6.45) is -0.293. The Hall–Kier alpha value is -13.2. The van der Waals surface area contributed by atoms with Crippen LogP contribution in [0.4, 0.5) is 0 Å². The van der Waals surface area contributed by atoms with Gasteiger partial charge >= 0.3 is 23.9 Å². The molecule has 0 aromatic carbocycles. The number of nitrogens with zero attached hydrogens (tertiary/aromatic N) is 20. The Bertz CT molecular complexity index is 3680. The van der Waals surface area contributed by atoms with Crippen molar-refractivity contribution in [2.24, 2.45) is 27.1 Å². The summed E-state index contributed by atoms with van der Waals surface area (Å²) < 4.78 is 23.7. The molecule has 0 heterocycles. The SMILES string of the molecule is CC1(C)CC(N(CC#N)CC#N)=C(C#N)/C(=C(/C#N)C(=O)OCC(COC(=O)/C(C#N)=C2\CC(C)(C)CC(N(CC#N)CC#N)=C2C#N)(COC(=O)/C(C#N)=C2\CC(C)(C)CC(N(CC#N)CC#N)=C2C#N)COC(=O)/C(C#N)=C2\CC(C)(C)CC(N(CC#N)CC#N)=C2C#N)C1. The van der Waals surface area contributed by atoms with Gasteiger partial charge in [0.2, 0.25) is 0 Å². The molecule has 0 atom stereocenters. The number of rotatable bonds is 24. The first kappa shape index (κ1) is 76.3. The van der Waals surface area contributed by atoms with E-state index in [2.05, 4.69) is 0 Å². The summed E-state index contributed by atoms with van der Waals surface area (Å²) in [5.74, 6) is -6.05. The Morgan fingerprint density at radius 3 is 0.608 bits per heavy atom. The van der Waals surface area contributed by atoms with Gasteiger partial charge in [0, 0.05) is 22.8 Å². The zero-order valence-corrected chi connectivity index (χ0v) is 54.9. The summed E-state index contributed by atoms with van der Waals surface area (Å²) in [7, 11) is 0. The first-order chi connectivity index (χ1) is 46.0. The molecule has 0 N–H and O–H groups in total. The molecule has 0 radical (unpaired) electrons. The Kier molecular flexibility index (Phi) is 26.3. The zero-order valence-electron chi connectivity index (χ0n) is 54.9. The van der Waals surface area contributed by atoms with Gasteiger partial charge in [0.1, 0.15) is 155 Å². The smallest absolute Gasteiger partial charge is 0.349 e. The molecule has 0 fully saturated rings. The molecular weight excluding hydrogens is 1240 g/mol. The lowest BCUT2D eigenvalue weighted by atomic mass is 9.72. The van der Waals surface area contributed by atoms with Gasteiger partial charge in [0.05, 0.1) is 70.8 Å². The topological polar surface area (TPSA) is 499 Å². The molecule has 0 spiro atoms. The highest BCUT2D eigenvalue weighted by Gasteiger charge is 2.45. The highest BCUT2D eigenvalue weighted by molar-refractivity contribution is 5.97. The minimum Gasteiger partial charge on any atom is -0.461 e. The standard InChI is InChI=1S/C69H64N20O8/c1-65(2)25-45(49(33-78)57(29-65)86(17-9-70)18-10-71)53(37-82)61(90)94-41-69(42-95-62(91)54(38-83)46-26-66(3,4)30-58(50(46)34-79)87(19-11-72)20-12-73,43-96-63(92)55(39-84)47-27-67(5,6)31-59(51(47)35-80)88(21-13-74)22-14-75)44-97-64(93)56(40-85)48-28-68(7,8)32-60(52(48)36-81)89(23-15-76)24-16-77/h17-32,41-44H2,1-8H3/b53-45-,54-46+,55-47+,56-48+. The predicted molar refractivity (Wildman–Crippen MR) is 331 cm³/mol. The maximum Gasteiger partial charge on any atom is 0.349 e. The largest absolute Gasteiger partial charge is 0.461 e. The number of carbonyl (C=O) groups excluding carboxylic acids is 4. The molecule has 0 unspecified atom stereocenters. The van der Waals surface area contributed by atoms with Crippen LogP contribution in [0.15, 0.2) is 89.7 Å². The van der Waals surface area contributed by atoms with Gasteiger partial charge in [-0.3, -0.25) is 0 Å². The van der Waals surface area contributed by atoms with E-state index in [-0.39, 0.29) is 119 Å². The number of carbonyl (C=O) groups is 4. The molecule has 0 saturated carbocycles. The minimum atomic E-state index is -2.55. The van der Waals surface area contributed by atoms with Gasteiger partial charge < -0.3 is 38.5 Å². The second-order valence-electron chi connectivity index (χ2n) is 26.2. The van der Waals surface area contributed by atoms with E-state index >= 15 is 0 Å². The molecule has 0 saturated heterocycles. The van der Waals surface area contributed by atoms with E-state index in [1.54, 1.807) is 79.7 Å². The fraction of sp³-hybridized carbons (Fsp3) is 0.478. The molecule has 0 aromatic heterocycles. The average molecular weight is 1300 g/mol. The van der Waals surface area contributed by atoms with Crippen LogP contribution in [0.1, 0.15) is 107 Å². The predicted octanol–water partition coefficient (Wildman–Crippen LogP) is 7.21. The van der Waals surface area contributed by atoms with Crippen LogP contribution in [0.3, 0.4) is 0 Å². The van der Waals surface area contributed by atoms with Crippen molar-refractivity contribution >= 4 is 23.9 Å². The molecule has 0 aliphatic heterocycles. The second-order valence-corrected chi connectivity index (χ2v) is 26.2. The first-order valence-electron chi connectivity index (χ1n) is 29.7. The van der Waals surface area contributed by atoms with E-state index in [0.717, 1.165) is 0 Å². The lowest BCUT2D eigenvalue weighted by molar-refractivity contribution is -0.165. The lowest BCUT2D eigenvalue weighted by Crippen LogP contribution is -2.44. The van der Waals surface area contributed by atoms with Crippen molar-refractivity contribution in [2.45, 2.75) is 107 Å². The molecule has 0 bridgehead atoms. The van der Waals surface area contributed by atoms with Crippen molar-refractivity contribution in [3.63, 3.8) is 0 Å².